The Labute approximate surface area is 197 Å². The lowest BCUT2D eigenvalue weighted by Crippen LogP contribution is -2.56. The van der Waals surface area contributed by atoms with Crippen LogP contribution in [0.5, 0.6) is 5.88 Å². The van der Waals surface area contributed by atoms with E-state index < -0.39 is 52.6 Å². The fourth-order valence-electron chi connectivity index (χ4n) is 4.08. The third-order valence-electron chi connectivity index (χ3n) is 5.46. The molecule has 184 valence electrons. The van der Waals surface area contributed by atoms with E-state index in [1.807, 2.05) is 0 Å². The van der Waals surface area contributed by atoms with Crippen LogP contribution in [0.4, 0.5) is 17.6 Å². The van der Waals surface area contributed by atoms with Crippen molar-refractivity contribution >= 4 is 11.9 Å². The third kappa shape index (κ3) is 4.00. The van der Waals surface area contributed by atoms with Crippen molar-refractivity contribution in [2.45, 2.75) is 31.5 Å². The minimum Gasteiger partial charge on any atom is -0.463 e. The highest BCUT2D eigenvalue weighted by Gasteiger charge is 2.67. The van der Waals surface area contributed by atoms with E-state index >= 15 is 0 Å². The summed E-state index contributed by atoms with van der Waals surface area (Å²) in [6.45, 7) is 2.57. The smallest absolute Gasteiger partial charge is 0.435 e. The molecule has 11 heteroatoms. The second-order valence-corrected chi connectivity index (χ2v) is 7.58. The van der Waals surface area contributed by atoms with Crippen LogP contribution >= 0.6 is 0 Å². The predicted octanol–water partition coefficient (Wildman–Crippen LogP) is 4.42. The highest BCUT2D eigenvalue weighted by molar-refractivity contribution is 6.07. The van der Waals surface area contributed by atoms with Gasteiger partial charge in [-0.05, 0) is 43.7 Å². The zero-order chi connectivity index (χ0) is 25.4. The van der Waals surface area contributed by atoms with E-state index in [-0.39, 0.29) is 24.5 Å². The fraction of sp³-hybridized carbons (Fsp3) is 0.292. The first-order valence-corrected chi connectivity index (χ1v) is 10.7. The van der Waals surface area contributed by atoms with Crippen LogP contribution in [0, 0.1) is 5.82 Å². The van der Waals surface area contributed by atoms with Crippen molar-refractivity contribution in [2.24, 2.45) is 0 Å². The number of carbonyl (C=O) groups excluding carboxylic acids is 2. The van der Waals surface area contributed by atoms with Crippen molar-refractivity contribution in [1.29, 1.82) is 0 Å². The molecule has 35 heavy (non-hydrogen) atoms. The lowest BCUT2D eigenvalue weighted by molar-refractivity contribution is -0.180. The van der Waals surface area contributed by atoms with Gasteiger partial charge in [0.1, 0.15) is 5.82 Å². The molecule has 0 aliphatic carbocycles. The number of para-hydroxylation sites is 1. The molecule has 2 aromatic carbocycles. The maximum Gasteiger partial charge on any atom is 0.435 e. The summed E-state index contributed by atoms with van der Waals surface area (Å²) < 4.78 is 73.4. The number of rotatable bonds is 6. The molecule has 4 rings (SSSR count). The van der Waals surface area contributed by atoms with Gasteiger partial charge in [0, 0.05) is 0 Å². The Hall–Kier alpha value is -3.89. The zero-order valence-corrected chi connectivity index (χ0v) is 18.6. The second kappa shape index (κ2) is 9.05. The molecule has 1 aliphatic heterocycles. The molecule has 0 radical (unpaired) electrons. The Kier molecular flexibility index (Phi) is 6.27. The van der Waals surface area contributed by atoms with Gasteiger partial charge in [-0.2, -0.15) is 18.3 Å². The maximum absolute atomic E-state index is 14.3. The van der Waals surface area contributed by atoms with Gasteiger partial charge < -0.3 is 14.2 Å². The molecule has 1 aromatic heterocycles. The molecule has 0 N–H and O–H groups in total. The van der Waals surface area contributed by atoms with Gasteiger partial charge in [-0.25, -0.2) is 18.7 Å². The molecule has 1 atom stereocenters. The van der Waals surface area contributed by atoms with E-state index in [1.165, 1.54) is 38.1 Å². The second-order valence-electron chi connectivity index (χ2n) is 7.58. The van der Waals surface area contributed by atoms with Crippen molar-refractivity contribution in [3.8, 4) is 11.6 Å². The topological polar surface area (TPSA) is 79.7 Å². The molecule has 0 spiro atoms. The number of alkyl halides is 3. The molecular formula is C24H20F4N2O5. The molecule has 7 nitrogen and oxygen atoms in total. The van der Waals surface area contributed by atoms with Crippen molar-refractivity contribution in [3.63, 3.8) is 0 Å². The molecule has 0 saturated carbocycles. The average Bonchev–Trinajstić information content (AvgIpc) is 3.36. The molecule has 0 amide bonds. The summed E-state index contributed by atoms with van der Waals surface area (Å²) in [7, 11) is 0. The van der Waals surface area contributed by atoms with E-state index in [9.17, 15) is 27.2 Å². The molecule has 3 aromatic rings. The number of esters is 2. The minimum absolute atomic E-state index is 0.00404. The SMILES string of the molecule is CCOC(=O)C1(C(=O)OCC)Oc2c(c(C(F)(F)F)nn2-c2ccccc2)C1c1ccc(F)cc1. The number of nitrogens with zero attached hydrogens (tertiary/aromatic N) is 2. The summed E-state index contributed by atoms with van der Waals surface area (Å²) in [6.07, 6.45) is -4.98. The van der Waals surface area contributed by atoms with E-state index in [4.69, 9.17) is 14.2 Å². The monoisotopic (exact) mass is 492 g/mol. The number of hydrogen-bond acceptors (Lipinski definition) is 6. The Balaban J connectivity index is 2.08. The number of benzene rings is 2. The Bertz CT molecular complexity index is 1220. The summed E-state index contributed by atoms with van der Waals surface area (Å²) in [5, 5.41) is 3.73. The molecule has 0 saturated heterocycles. The van der Waals surface area contributed by atoms with Gasteiger partial charge in [-0.3, -0.25) is 0 Å². The first-order chi connectivity index (χ1) is 16.6. The summed E-state index contributed by atoms with van der Waals surface area (Å²) >= 11 is 0. The van der Waals surface area contributed by atoms with E-state index in [0.29, 0.717) is 0 Å². The molecule has 0 bridgehead atoms. The van der Waals surface area contributed by atoms with E-state index in [1.54, 1.807) is 18.2 Å². The van der Waals surface area contributed by atoms with Crippen LogP contribution in [0.15, 0.2) is 54.6 Å². The molecule has 1 unspecified atom stereocenters. The van der Waals surface area contributed by atoms with Gasteiger partial charge in [-0.15, -0.1) is 0 Å². The van der Waals surface area contributed by atoms with Crippen molar-refractivity contribution in [3.05, 3.63) is 77.2 Å². The van der Waals surface area contributed by atoms with Crippen LogP contribution in [0.2, 0.25) is 0 Å². The van der Waals surface area contributed by atoms with Crippen LogP contribution in [0.25, 0.3) is 5.69 Å². The standard InChI is InChI=1S/C24H20F4N2O5/c1-3-33-21(31)23(22(32)34-4-2)18(14-10-12-15(25)13-11-14)17-19(24(26,27)28)29-30(20(17)35-23)16-8-6-5-7-9-16/h5-13,18H,3-4H2,1-2H3. The van der Waals surface area contributed by atoms with Gasteiger partial charge in [-0.1, -0.05) is 30.3 Å². The number of aromatic nitrogens is 2. The van der Waals surface area contributed by atoms with Crippen LogP contribution in [-0.4, -0.2) is 40.5 Å². The Morgan fingerprint density at radius 2 is 1.57 bits per heavy atom. The van der Waals surface area contributed by atoms with E-state index in [0.717, 1.165) is 16.8 Å². The van der Waals surface area contributed by atoms with Crippen LogP contribution < -0.4 is 4.74 Å². The first-order valence-electron chi connectivity index (χ1n) is 10.7. The highest BCUT2D eigenvalue weighted by Crippen LogP contribution is 2.54. The van der Waals surface area contributed by atoms with Gasteiger partial charge in [0.2, 0.25) is 5.88 Å². The fourth-order valence-corrected chi connectivity index (χ4v) is 4.08. The van der Waals surface area contributed by atoms with Crippen molar-refractivity contribution in [2.75, 3.05) is 13.2 Å². The molecule has 1 aliphatic rings. The summed E-state index contributed by atoms with van der Waals surface area (Å²) in [4.78, 5) is 26.6. The highest BCUT2D eigenvalue weighted by atomic mass is 19.4. The van der Waals surface area contributed by atoms with E-state index in [2.05, 4.69) is 5.10 Å². The Morgan fingerprint density at radius 3 is 2.09 bits per heavy atom. The lowest BCUT2D eigenvalue weighted by atomic mass is 9.78. The predicted molar refractivity (Wildman–Crippen MR) is 113 cm³/mol. The Morgan fingerprint density at radius 1 is 1.00 bits per heavy atom. The van der Waals surface area contributed by atoms with Gasteiger partial charge >= 0.3 is 23.7 Å². The van der Waals surface area contributed by atoms with Crippen molar-refractivity contribution < 1.29 is 41.4 Å². The molecule has 2 heterocycles. The largest absolute Gasteiger partial charge is 0.463 e. The van der Waals surface area contributed by atoms with Crippen LogP contribution in [-0.2, 0) is 25.2 Å². The maximum atomic E-state index is 14.3. The normalized spacial score (nSPS) is 16.3. The molecular weight excluding hydrogens is 472 g/mol. The van der Waals surface area contributed by atoms with Gasteiger partial charge in [0.05, 0.1) is 30.4 Å². The number of halogens is 4. The first kappa shape index (κ1) is 24.2. The lowest BCUT2D eigenvalue weighted by Gasteiger charge is -2.30. The summed E-state index contributed by atoms with van der Waals surface area (Å²) in [5.74, 6) is -5.31. The summed E-state index contributed by atoms with van der Waals surface area (Å²) in [5.41, 5.74) is -4.38. The number of carbonyl (C=O) groups is 2. The number of fused-ring (bicyclic) bond motifs is 1. The van der Waals surface area contributed by atoms with Gasteiger partial charge in [0.25, 0.3) is 0 Å². The number of hydrogen-bond donors (Lipinski definition) is 0. The van der Waals surface area contributed by atoms with Crippen molar-refractivity contribution in [1.82, 2.24) is 9.78 Å². The summed E-state index contributed by atoms with van der Waals surface area (Å²) in [6, 6.07) is 12.1. The van der Waals surface area contributed by atoms with Gasteiger partial charge in [0.15, 0.2) is 5.69 Å². The third-order valence-corrected chi connectivity index (χ3v) is 5.46. The van der Waals surface area contributed by atoms with Crippen LogP contribution in [0.3, 0.4) is 0 Å². The van der Waals surface area contributed by atoms with Crippen LogP contribution in [0.1, 0.15) is 36.6 Å². The average molecular weight is 492 g/mol. The molecule has 0 fully saturated rings. The minimum atomic E-state index is -4.98. The quantitative estimate of drug-likeness (QED) is 0.288. The number of ether oxygens (including phenoxy) is 3. The zero-order valence-electron chi connectivity index (χ0n) is 18.6.